The third-order valence-corrected chi connectivity index (χ3v) is 8.60. The molecule has 2 N–H and O–H groups in total. The van der Waals surface area contributed by atoms with E-state index in [-0.39, 0.29) is 60.5 Å². The minimum atomic E-state index is -1.34. The van der Waals surface area contributed by atoms with Gasteiger partial charge >= 0.3 is 0 Å². The van der Waals surface area contributed by atoms with Crippen molar-refractivity contribution >= 4 is 17.3 Å². The topological polar surface area (TPSA) is 116 Å². The average Bonchev–Trinajstić information content (AvgIpc) is 3.06. The SMILES string of the molecule is CC(C)=CCC12C[C@H]3C(C)(C)[C@@H](C(C)(C)ON)C[C@]3(C1=O)C(N=O)=C(C(=O)CC(C)C)C2=O. The Morgan fingerprint density at radius 1 is 1.24 bits per heavy atom. The van der Waals surface area contributed by atoms with Crippen molar-refractivity contribution in [3.8, 4) is 0 Å². The molecular weight excluding hydrogens is 420 g/mol. The summed E-state index contributed by atoms with van der Waals surface area (Å²) in [6.07, 6.45) is 2.81. The number of hydrogen-bond donors (Lipinski definition) is 1. The molecule has 0 amide bonds. The lowest BCUT2D eigenvalue weighted by Gasteiger charge is -2.42. The molecule has 3 aliphatic rings. The number of Topliss-reactive ketones (excluding diaryl/α,β-unsaturated/α-hetero) is 3. The van der Waals surface area contributed by atoms with Crippen molar-refractivity contribution in [3.63, 3.8) is 0 Å². The largest absolute Gasteiger partial charge is 0.298 e. The summed E-state index contributed by atoms with van der Waals surface area (Å²) >= 11 is 0. The fourth-order valence-corrected chi connectivity index (χ4v) is 7.03. The normalized spacial score (nSPS) is 32.9. The lowest BCUT2D eigenvalue weighted by atomic mass is 9.62. The third-order valence-electron chi connectivity index (χ3n) is 8.60. The maximum absolute atomic E-state index is 14.3. The van der Waals surface area contributed by atoms with Crippen molar-refractivity contribution < 1.29 is 19.2 Å². The fourth-order valence-electron chi connectivity index (χ4n) is 7.03. The summed E-state index contributed by atoms with van der Waals surface area (Å²) in [4.78, 5) is 59.2. The molecule has 2 fully saturated rings. The van der Waals surface area contributed by atoms with Gasteiger partial charge in [-0.05, 0) is 75.3 Å². The average molecular weight is 459 g/mol. The molecule has 0 radical (unpaired) electrons. The first-order valence-corrected chi connectivity index (χ1v) is 11.9. The highest BCUT2D eigenvalue weighted by Crippen LogP contribution is 2.74. The molecule has 0 aliphatic heterocycles. The number of rotatable bonds is 8. The summed E-state index contributed by atoms with van der Waals surface area (Å²) in [6.45, 7) is 15.4. The monoisotopic (exact) mass is 458 g/mol. The minimum absolute atomic E-state index is 0.000327. The van der Waals surface area contributed by atoms with Crippen LogP contribution in [0.1, 0.15) is 81.1 Å². The molecule has 7 nitrogen and oxygen atoms in total. The molecule has 4 atom stereocenters. The summed E-state index contributed by atoms with van der Waals surface area (Å²) in [6, 6.07) is 0. The van der Waals surface area contributed by atoms with E-state index in [1.165, 1.54) is 0 Å². The first-order valence-electron chi connectivity index (χ1n) is 11.9. The van der Waals surface area contributed by atoms with Gasteiger partial charge in [-0.2, -0.15) is 0 Å². The Bertz CT molecular complexity index is 969. The van der Waals surface area contributed by atoms with E-state index in [4.69, 9.17) is 10.7 Å². The van der Waals surface area contributed by atoms with Crippen LogP contribution in [0.15, 0.2) is 28.1 Å². The number of carbonyl (C=O) groups excluding carboxylic acids is 3. The number of fused-ring (bicyclic) bond motifs is 1. The van der Waals surface area contributed by atoms with Crippen LogP contribution in [0.4, 0.5) is 0 Å². The zero-order chi connectivity index (χ0) is 25.1. The second kappa shape index (κ2) is 8.05. The van der Waals surface area contributed by atoms with Gasteiger partial charge in [0.1, 0.15) is 5.70 Å². The number of nitrogens with two attached hydrogens (primary N) is 1. The second-order valence-corrected chi connectivity index (χ2v) is 12.1. The third kappa shape index (κ3) is 3.42. The molecule has 0 aromatic heterocycles. The maximum Gasteiger partial charge on any atom is 0.182 e. The molecule has 0 saturated heterocycles. The van der Waals surface area contributed by atoms with E-state index in [2.05, 4.69) is 5.18 Å². The summed E-state index contributed by atoms with van der Waals surface area (Å²) in [7, 11) is 0. The Kier molecular flexibility index (Phi) is 6.25. The molecule has 3 rings (SSSR count). The van der Waals surface area contributed by atoms with Crippen molar-refractivity contribution in [1.29, 1.82) is 0 Å². The Morgan fingerprint density at radius 3 is 2.33 bits per heavy atom. The zero-order valence-electron chi connectivity index (χ0n) is 21.2. The molecule has 0 heterocycles. The van der Waals surface area contributed by atoms with Crippen LogP contribution in [0.25, 0.3) is 0 Å². The predicted octanol–water partition coefficient (Wildman–Crippen LogP) is 4.84. The molecule has 3 aliphatic carbocycles. The Labute approximate surface area is 196 Å². The van der Waals surface area contributed by atoms with Crippen LogP contribution in [-0.2, 0) is 19.2 Å². The van der Waals surface area contributed by atoms with Gasteiger partial charge in [0.15, 0.2) is 17.3 Å². The van der Waals surface area contributed by atoms with Gasteiger partial charge in [-0.3, -0.25) is 19.2 Å². The van der Waals surface area contributed by atoms with Crippen molar-refractivity contribution in [1.82, 2.24) is 0 Å². The van der Waals surface area contributed by atoms with Crippen LogP contribution in [0.5, 0.6) is 0 Å². The molecule has 1 spiro atoms. The highest BCUT2D eigenvalue weighted by Gasteiger charge is 2.78. The van der Waals surface area contributed by atoms with Gasteiger partial charge in [-0.1, -0.05) is 39.3 Å². The highest BCUT2D eigenvalue weighted by atomic mass is 16.6. The molecule has 7 heteroatoms. The molecule has 182 valence electrons. The van der Waals surface area contributed by atoms with Crippen LogP contribution in [0.3, 0.4) is 0 Å². The summed E-state index contributed by atoms with van der Waals surface area (Å²) < 4.78 is 0. The summed E-state index contributed by atoms with van der Waals surface area (Å²) in [5.41, 5.74) is -3.19. The summed E-state index contributed by atoms with van der Waals surface area (Å²) in [5.74, 6) is 3.96. The van der Waals surface area contributed by atoms with Crippen molar-refractivity contribution in [3.05, 3.63) is 27.8 Å². The number of allylic oxidation sites excluding steroid dienone is 4. The van der Waals surface area contributed by atoms with Gasteiger partial charge < -0.3 is 0 Å². The molecule has 0 aromatic carbocycles. The van der Waals surface area contributed by atoms with Gasteiger partial charge in [0.25, 0.3) is 0 Å². The Hall–Kier alpha value is -1.99. The van der Waals surface area contributed by atoms with Crippen LogP contribution >= 0.6 is 0 Å². The second-order valence-electron chi connectivity index (χ2n) is 12.1. The lowest BCUT2D eigenvalue weighted by molar-refractivity contribution is -0.143. The highest BCUT2D eigenvalue weighted by molar-refractivity contribution is 6.32. The molecule has 33 heavy (non-hydrogen) atoms. The van der Waals surface area contributed by atoms with E-state index in [1.807, 2.05) is 61.5 Å². The Morgan fingerprint density at radius 2 is 1.85 bits per heavy atom. The molecular formula is C26H38N2O5. The lowest BCUT2D eigenvalue weighted by Crippen LogP contribution is -2.50. The van der Waals surface area contributed by atoms with Crippen molar-refractivity contribution in [2.24, 2.45) is 45.1 Å². The molecule has 1 unspecified atom stereocenters. The van der Waals surface area contributed by atoms with Gasteiger partial charge in [0, 0.05) is 6.42 Å². The van der Waals surface area contributed by atoms with Gasteiger partial charge in [0.05, 0.1) is 22.0 Å². The van der Waals surface area contributed by atoms with Crippen LogP contribution in [0.2, 0.25) is 0 Å². The van der Waals surface area contributed by atoms with E-state index in [1.54, 1.807) is 0 Å². The van der Waals surface area contributed by atoms with E-state index < -0.39 is 33.4 Å². The van der Waals surface area contributed by atoms with Crippen molar-refractivity contribution in [2.75, 3.05) is 0 Å². The number of nitroso groups, excluding NO2 is 1. The predicted molar refractivity (Wildman–Crippen MR) is 126 cm³/mol. The smallest absolute Gasteiger partial charge is 0.182 e. The first kappa shape index (κ1) is 25.6. The molecule has 0 aromatic rings. The van der Waals surface area contributed by atoms with E-state index in [0.717, 1.165) is 5.57 Å². The number of carbonyl (C=O) groups is 3. The fraction of sp³-hybridized carbons (Fsp3) is 0.731. The van der Waals surface area contributed by atoms with Gasteiger partial charge in [-0.25, -0.2) is 5.90 Å². The number of nitrogens with zero attached hydrogens (tertiary/aromatic N) is 1. The van der Waals surface area contributed by atoms with Crippen LogP contribution in [0, 0.1) is 38.9 Å². The zero-order valence-corrected chi connectivity index (χ0v) is 21.2. The number of hydrogen-bond acceptors (Lipinski definition) is 7. The minimum Gasteiger partial charge on any atom is -0.298 e. The standard InChI is InChI=1S/C26H38N2O5/c1-14(2)9-10-25-12-18-23(5,6)17(24(7,8)33-27)13-26(18,22(25)31)20(28-32)19(21(25)30)16(29)11-15(3)4/h9,15,17-18H,10-13,27H2,1-8H3/t17-,18-,25?,26+/m0/s1. The van der Waals surface area contributed by atoms with Crippen molar-refractivity contribution in [2.45, 2.75) is 86.7 Å². The van der Waals surface area contributed by atoms with E-state index in [9.17, 15) is 19.3 Å². The maximum atomic E-state index is 14.3. The van der Waals surface area contributed by atoms with Crippen LogP contribution < -0.4 is 5.90 Å². The van der Waals surface area contributed by atoms with Gasteiger partial charge in [0.2, 0.25) is 0 Å². The van der Waals surface area contributed by atoms with E-state index in [0.29, 0.717) is 0 Å². The molecule has 2 saturated carbocycles. The van der Waals surface area contributed by atoms with Crippen LogP contribution in [-0.4, -0.2) is 23.0 Å². The number of ketones is 3. The summed E-state index contributed by atoms with van der Waals surface area (Å²) in [5, 5.41) is 3.28. The van der Waals surface area contributed by atoms with Gasteiger partial charge in [-0.15, -0.1) is 4.91 Å². The van der Waals surface area contributed by atoms with E-state index >= 15 is 0 Å². The quantitative estimate of drug-likeness (QED) is 0.183. The molecule has 2 bridgehead atoms. The Balaban J connectivity index is 2.34. The first-order chi connectivity index (χ1) is 15.1.